The molecule has 0 aromatic heterocycles. The maximum absolute atomic E-state index is 12.9. The lowest BCUT2D eigenvalue weighted by molar-refractivity contribution is -0.385. The number of nitro benzene ring substituents is 1. The van der Waals surface area contributed by atoms with Gasteiger partial charge in [-0.05, 0) is 43.7 Å². The third-order valence-electron chi connectivity index (χ3n) is 6.99. The predicted octanol–water partition coefficient (Wildman–Crippen LogP) is 3.45. The lowest BCUT2D eigenvalue weighted by Crippen LogP contribution is -2.49. The Balaban J connectivity index is 1.40. The van der Waals surface area contributed by atoms with Crippen molar-refractivity contribution < 1.29 is 14.5 Å². The maximum atomic E-state index is 12.9. The number of carbonyl (C=O) groups excluding carboxylic acids is 2. The second kappa shape index (κ2) is 9.66. The van der Waals surface area contributed by atoms with Gasteiger partial charge in [0.1, 0.15) is 5.56 Å². The van der Waals surface area contributed by atoms with E-state index in [1.807, 2.05) is 4.90 Å². The number of hydrogen-bond donors (Lipinski definition) is 0. The largest absolute Gasteiger partial charge is 0.368 e. The molecule has 0 spiro atoms. The average Bonchev–Trinajstić information content (AvgIpc) is 3.34. The Bertz CT molecular complexity index is 823. The summed E-state index contributed by atoms with van der Waals surface area (Å²) in [6.45, 7) is 3.96. The van der Waals surface area contributed by atoms with Gasteiger partial charge in [0.05, 0.1) is 4.92 Å². The summed E-state index contributed by atoms with van der Waals surface area (Å²) >= 11 is 0. The molecule has 1 saturated carbocycles. The number of anilines is 1. The van der Waals surface area contributed by atoms with Gasteiger partial charge in [0.25, 0.3) is 11.6 Å². The van der Waals surface area contributed by atoms with Crippen molar-refractivity contribution in [3.63, 3.8) is 0 Å². The summed E-state index contributed by atoms with van der Waals surface area (Å²) in [6.07, 6.45) is 8.65. The zero-order chi connectivity index (χ0) is 21.8. The number of benzene rings is 1. The molecule has 3 fully saturated rings. The maximum Gasteiger partial charge on any atom is 0.282 e. The van der Waals surface area contributed by atoms with Gasteiger partial charge < -0.3 is 14.7 Å². The lowest BCUT2D eigenvalue weighted by Gasteiger charge is -2.37. The van der Waals surface area contributed by atoms with Crippen molar-refractivity contribution in [2.45, 2.75) is 51.4 Å². The quantitative estimate of drug-likeness (QED) is 0.530. The fourth-order valence-electron chi connectivity index (χ4n) is 5.12. The first-order valence-electron chi connectivity index (χ1n) is 11.6. The van der Waals surface area contributed by atoms with Crippen LogP contribution in [0.15, 0.2) is 18.2 Å². The van der Waals surface area contributed by atoms with Crippen LogP contribution in [-0.2, 0) is 4.79 Å². The fraction of sp³-hybridized carbons (Fsp3) is 0.652. The highest BCUT2D eigenvalue weighted by Gasteiger charge is 2.29. The molecule has 0 bridgehead atoms. The lowest BCUT2D eigenvalue weighted by atomic mass is 9.86. The molecule has 0 unspecified atom stereocenters. The monoisotopic (exact) mass is 428 g/mol. The molecule has 0 atom stereocenters. The average molecular weight is 429 g/mol. The minimum absolute atomic E-state index is 0.137. The van der Waals surface area contributed by atoms with Gasteiger partial charge in [-0.15, -0.1) is 0 Å². The van der Waals surface area contributed by atoms with Crippen LogP contribution in [0.2, 0.25) is 0 Å². The van der Waals surface area contributed by atoms with Crippen molar-refractivity contribution in [2.75, 3.05) is 44.2 Å². The molecule has 2 amide bonds. The molecule has 3 aliphatic rings. The molecule has 1 aromatic rings. The molecule has 2 heterocycles. The Morgan fingerprint density at radius 1 is 0.903 bits per heavy atom. The van der Waals surface area contributed by atoms with Crippen molar-refractivity contribution in [1.82, 2.24) is 9.80 Å². The molecular formula is C23H32N4O4. The number of likely N-dealkylation sites (tertiary alicyclic amines) is 1. The van der Waals surface area contributed by atoms with Crippen LogP contribution in [0, 0.1) is 16.0 Å². The van der Waals surface area contributed by atoms with E-state index >= 15 is 0 Å². The highest BCUT2D eigenvalue weighted by molar-refractivity contribution is 5.99. The van der Waals surface area contributed by atoms with Gasteiger partial charge in [-0.25, -0.2) is 0 Å². The van der Waals surface area contributed by atoms with Gasteiger partial charge >= 0.3 is 0 Å². The SMILES string of the molecule is O=C(CC1CCCCC1)N1CCN(c2ccc([N+](=O)[O-])c(C(=O)N3CCCC3)c2)CC1. The smallest absolute Gasteiger partial charge is 0.282 e. The van der Waals surface area contributed by atoms with E-state index in [4.69, 9.17) is 0 Å². The van der Waals surface area contributed by atoms with Crippen molar-refractivity contribution in [3.05, 3.63) is 33.9 Å². The van der Waals surface area contributed by atoms with E-state index in [1.165, 1.54) is 38.2 Å². The van der Waals surface area contributed by atoms with Crippen LogP contribution >= 0.6 is 0 Å². The third kappa shape index (κ3) is 4.99. The fourth-order valence-corrected chi connectivity index (χ4v) is 5.12. The summed E-state index contributed by atoms with van der Waals surface area (Å²) in [5, 5.41) is 11.5. The molecule has 1 aromatic carbocycles. The molecule has 8 nitrogen and oxygen atoms in total. The van der Waals surface area contributed by atoms with Crippen LogP contribution in [0.1, 0.15) is 61.7 Å². The van der Waals surface area contributed by atoms with E-state index in [0.717, 1.165) is 18.5 Å². The number of hydrogen-bond acceptors (Lipinski definition) is 5. The van der Waals surface area contributed by atoms with Gasteiger partial charge in [0, 0.05) is 57.4 Å². The van der Waals surface area contributed by atoms with E-state index in [1.54, 1.807) is 17.0 Å². The molecule has 0 radical (unpaired) electrons. The molecule has 4 rings (SSSR count). The van der Waals surface area contributed by atoms with Crippen LogP contribution in [0.25, 0.3) is 0 Å². The van der Waals surface area contributed by atoms with E-state index < -0.39 is 4.92 Å². The van der Waals surface area contributed by atoms with E-state index in [0.29, 0.717) is 51.6 Å². The van der Waals surface area contributed by atoms with Crippen LogP contribution in [-0.4, -0.2) is 65.8 Å². The summed E-state index contributed by atoms with van der Waals surface area (Å²) < 4.78 is 0. The van der Waals surface area contributed by atoms with E-state index in [2.05, 4.69) is 4.90 Å². The molecule has 0 N–H and O–H groups in total. The minimum atomic E-state index is -0.477. The highest BCUT2D eigenvalue weighted by atomic mass is 16.6. The molecule has 8 heteroatoms. The Morgan fingerprint density at radius 3 is 2.23 bits per heavy atom. The topological polar surface area (TPSA) is 87.0 Å². The van der Waals surface area contributed by atoms with Crippen molar-refractivity contribution in [2.24, 2.45) is 5.92 Å². The number of carbonyl (C=O) groups is 2. The number of nitrogens with zero attached hydrogens (tertiary/aromatic N) is 4. The normalized spacial score (nSPS) is 20.2. The molecule has 2 saturated heterocycles. The molecule has 168 valence electrons. The minimum Gasteiger partial charge on any atom is -0.368 e. The van der Waals surface area contributed by atoms with Crippen molar-refractivity contribution in [1.29, 1.82) is 0 Å². The first-order chi connectivity index (χ1) is 15.0. The first kappa shape index (κ1) is 21.6. The molecule has 31 heavy (non-hydrogen) atoms. The Morgan fingerprint density at radius 2 is 1.58 bits per heavy atom. The van der Waals surface area contributed by atoms with Crippen molar-refractivity contribution in [3.8, 4) is 0 Å². The Hall–Kier alpha value is -2.64. The van der Waals surface area contributed by atoms with Gasteiger partial charge in [-0.1, -0.05) is 19.3 Å². The first-order valence-corrected chi connectivity index (χ1v) is 11.6. The number of nitro groups is 1. The van der Waals surface area contributed by atoms with E-state index in [-0.39, 0.29) is 23.1 Å². The second-order valence-corrected chi connectivity index (χ2v) is 9.03. The van der Waals surface area contributed by atoms with Crippen molar-refractivity contribution >= 4 is 23.2 Å². The van der Waals surface area contributed by atoms with Gasteiger partial charge in [0.2, 0.25) is 5.91 Å². The van der Waals surface area contributed by atoms with Gasteiger partial charge in [0.15, 0.2) is 0 Å². The zero-order valence-electron chi connectivity index (χ0n) is 18.1. The number of rotatable bonds is 5. The molecule has 2 aliphatic heterocycles. The molecule has 1 aliphatic carbocycles. The second-order valence-electron chi connectivity index (χ2n) is 9.03. The number of piperazine rings is 1. The molecular weight excluding hydrogens is 396 g/mol. The van der Waals surface area contributed by atoms with Crippen LogP contribution in [0.4, 0.5) is 11.4 Å². The highest BCUT2D eigenvalue weighted by Crippen LogP contribution is 2.29. The summed E-state index contributed by atoms with van der Waals surface area (Å²) in [4.78, 5) is 42.4. The number of amides is 2. The summed E-state index contributed by atoms with van der Waals surface area (Å²) in [6, 6.07) is 4.83. The standard InChI is InChI=1S/C23H32N4O4/c28-22(16-18-6-2-1-3-7-18)25-14-12-24(13-15-25)19-8-9-21(27(30)31)20(17-19)23(29)26-10-4-5-11-26/h8-9,17-18H,1-7,10-16H2. The Kier molecular flexibility index (Phi) is 6.73. The third-order valence-corrected chi connectivity index (χ3v) is 6.99. The van der Waals surface area contributed by atoms with Gasteiger partial charge in [-0.3, -0.25) is 19.7 Å². The summed E-state index contributed by atoms with van der Waals surface area (Å²) in [5.74, 6) is 0.528. The van der Waals surface area contributed by atoms with Crippen LogP contribution < -0.4 is 4.90 Å². The zero-order valence-corrected chi connectivity index (χ0v) is 18.1. The summed E-state index contributed by atoms with van der Waals surface area (Å²) in [5.41, 5.74) is 0.842. The van der Waals surface area contributed by atoms with E-state index in [9.17, 15) is 19.7 Å². The van der Waals surface area contributed by atoms with Crippen LogP contribution in [0.5, 0.6) is 0 Å². The summed E-state index contributed by atoms with van der Waals surface area (Å²) in [7, 11) is 0. The Labute approximate surface area is 183 Å². The predicted molar refractivity (Wildman–Crippen MR) is 118 cm³/mol. The van der Waals surface area contributed by atoms with Gasteiger partial charge in [-0.2, -0.15) is 0 Å². The van der Waals surface area contributed by atoms with Crippen LogP contribution in [0.3, 0.4) is 0 Å².